The first-order valence-electron chi connectivity index (χ1n) is 3.50. The fourth-order valence-corrected chi connectivity index (χ4v) is 1.22. The minimum absolute atomic E-state index is 0.106. The van der Waals surface area contributed by atoms with Crippen LogP contribution in [0, 0.1) is 5.92 Å². The molecule has 9 heavy (non-hydrogen) atoms. The molecule has 0 saturated carbocycles. The molecule has 54 valence electrons. The molecule has 0 radical (unpaired) electrons. The van der Waals surface area contributed by atoms with Gasteiger partial charge in [-0.15, -0.1) is 0 Å². The smallest absolute Gasteiger partial charge is 0.0813 e. The van der Waals surface area contributed by atoms with Crippen molar-refractivity contribution in [2.24, 2.45) is 5.92 Å². The van der Waals surface area contributed by atoms with Crippen LogP contribution >= 0.6 is 0 Å². The average molecular weight is 130 g/mol. The Hall–Kier alpha value is -0.0800. The molecule has 3 atom stereocenters. The summed E-state index contributed by atoms with van der Waals surface area (Å²) in [6.07, 6.45) is 1.45. The van der Waals surface area contributed by atoms with Crippen molar-refractivity contribution < 1.29 is 9.84 Å². The summed E-state index contributed by atoms with van der Waals surface area (Å²) in [6.45, 7) is 4.38. The first-order valence-corrected chi connectivity index (χ1v) is 3.50. The molecule has 1 aliphatic heterocycles. The number of ether oxygens (including phenoxy) is 1. The van der Waals surface area contributed by atoms with Gasteiger partial charge in [-0.05, 0) is 19.3 Å². The van der Waals surface area contributed by atoms with Crippen molar-refractivity contribution in [1.82, 2.24) is 0 Å². The van der Waals surface area contributed by atoms with E-state index >= 15 is 0 Å². The van der Waals surface area contributed by atoms with Crippen LogP contribution in [0.3, 0.4) is 0 Å². The summed E-state index contributed by atoms with van der Waals surface area (Å²) in [6, 6.07) is 0. The van der Waals surface area contributed by atoms with Gasteiger partial charge in [-0.25, -0.2) is 0 Å². The first-order chi connectivity index (χ1) is 4.24. The summed E-state index contributed by atoms with van der Waals surface area (Å²) >= 11 is 0. The summed E-state index contributed by atoms with van der Waals surface area (Å²) in [7, 11) is 0. The van der Waals surface area contributed by atoms with Gasteiger partial charge in [0, 0.05) is 0 Å². The summed E-state index contributed by atoms with van der Waals surface area (Å²) in [5.41, 5.74) is 0. The van der Waals surface area contributed by atoms with E-state index in [0.29, 0.717) is 12.0 Å². The monoisotopic (exact) mass is 130 g/mol. The highest BCUT2D eigenvalue weighted by Gasteiger charge is 2.27. The van der Waals surface area contributed by atoms with E-state index in [-0.39, 0.29) is 12.7 Å². The second kappa shape index (κ2) is 2.67. The zero-order chi connectivity index (χ0) is 6.85. The van der Waals surface area contributed by atoms with E-state index in [1.54, 1.807) is 0 Å². The number of hydrogen-bond donors (Lipinski definition) is 1. The molecule has 0 aromatic rings. The topological polar surface area (TPSA) is 29.5 Å². The van der Waals surface area contributed by atoms with Crippen molar-refractivity contribution in [2.75, 3.05) is 6.61 Å². The number of aliphatic hydroxyl groups excluding tert-OH is 1. The second-order valence-electron chi connectivity index (χ2n) is 2.86. The zero-order valence-electron chi connectivity index (χ0n) is 6.00. The van der Waals surface area contributed by atoms with E-state index in [2.05, 4.69) is 13.8 Å². The van der Waals surface area contributed by atoms with Gasteiger partial charge in [0.2, 0.25) is 0 Å². The first kappa shape index (κ1) is 7.03. The highest BCUT2D eigenvalue weighted by molar-refractivity contribution is 4.75. The summed E-state index contributed by atoms with van der Waals surface area (Å²) < 4.78 is 5.37. The van der Waals surface area contributed by atoms with Crippen LogP contribution < -0.4 is 0 Å². The van der Waals surface area contributed by atoms with Crippen LogP contribution in [0.25, 0.3) is 0 Å². The molecule has 0 amide bonds. The van der Waals surface area contributed by atoms with Gasteiger partial charge in [-0.1, -0.05) is 6.92 Å². The third kappa shape index (κ3) is 1.43. The molecule has 0 aliphatic carbocycles. The molecule has 2 heteroatoms. The Morgan fingerprint density at radius 1 is 1.56 bits per heavy atom. The number of rotatable bonds is 1. The SMILES string of the molecule is CC1C[C@H](CO)O[C@@H]1C. The molecule has 0 bridgehead atoms. The number of hydrogen-bond acceptors (Lipinski definition) is 2. The lowest BCUT2D eigenvalue weighted by Gasteiger charge is -2.06. The Morgan fingerprint density at radius 3 is 2.44 bits per heavy atom. The maximum absolute atomic E-state index is 8.68. The third-order valence-electron chi connectivity index (χ3n) is 2.05. The van der Waals surface area contributed by atoms with E-state index in [9.17, 15) is 0 Å². The molecule has 0 spiro atoms. The highest BCUT2D eigenvalue weighted by atomic mass is 16.5. The lowest BCUT2D eigenvalue weighted by atomic mass is 10.0. The van der Waals surface area contributed by atoms with Gasteiger partial charge < -0.3 is 9.84 Å². The summed E-state index contributed by atoms with van der Waals surface area (Å²) in [5.74, 6) is 0.613. The normalized spacial score (nSPS) is 43.7. The summed E-state index contributed by atoms with van der Waals surface area (Å²) in [4.78, 5) is 0. The van der Waals surface area contributed by atoms with Crippen molar-refractivity contribution in [2.45, 2.75) is 32.5 Å². The molecule has 1 rings (SSSR count). The van der Waals surface area contributed by atoms with Crippen molar-refractivity contribution in [1.29, 1.82) is 0 Å². The van der Waals surface area contributed by atoms with Crippen molar-refractivity contribution >= 4 is 0 Å². The van der Waals surface area contributed by atoms with Gasteiger partial charge in [0.1, 0.15) is 0 Å². The van der Waals surface area contributed by atoms with E-state index in [1.165, 1.54) is 0 Å². The van der Waals surface area contributed by atoms with Crippen molar-refractivity contribution in [3.05, 3.63) is 0 Å². The maximum Gasteiger partial charge on any atom is 0.0813 e. The Balaban J connectivity index is 2.35. The lowest BCUT2D eigenvalue weighted by molar-refractivity contribution is 0.0150. The molecular weight excluding hydrogens is 116 g/mol. The quantitative estimate of drug-likeness (QED) is 0.568. The Morgan fingerprint density at radius 2 is 2.22 bits per heavy atom. The van der Waals surface area contributed by atoms with Crippen LogP contribution in [0.1, 0.15) is 20.3 Å². The molecule has 1 aliphatic rings. The van der Waals surface area contributed by atoms with Crippen molar-refractivity contribution in [3.63, 3.8) is 0 Å². The zero-order valence-corrected chi connectivity index (χ0v) is 6.00. The third-order valence-corrected chi connectivity index (χ3v) is 2.05. The van der Waals surface area contributed by atoms with Gasteiger partial charge in [0.25, 0.3) is 0 Å². The molecule has 1 unspecified atom stereocenters. The van der Waals surface area contributed by atoms with Crippen LogP contribution in [0.4, 0.5) is 0 Å². The van der Waals surface area contributed by atoms with Crippen LogP contribution in [0.2, 0.25) is 0 Å². The Kier molecular flexibility index (Phi) is 2.09. The standard InChI is InChI=1S/C7H14O2/c1-5-3-7(4-8)9-6(5)2/h5-8H,3-4H2,1-2H3/t5?,6-,7-/m1/s1. The predicted molar refractivity (Wildman–Crippen MR) is 35.2 cm³/mol. The summed E-state index contributed by atoms with van der Waals surface area (Å²) in [5, 5.41) is 8.68. The van der Waals surface area contributed by atoms with Crippen molar-refractivity contribution in [3.8, 4) is 0 Å². The van der Waals surface area contributed by atoms with Crippen LogP contribution in [-0.4, -0.2) is 23.9 Å². The Labute approximate surface area is 55.8 Å². The highest BCUT2D eigenvalue weighted by Crippen LogP contribution is 2.24. The largest absolute Gasteiger partial charge is 0.394 e. The number of aliphatic hydroxyl groups is 1. The molecule has 1 saturated heterocycles. The van der Waals surface area contributed by atoms with Crippen LogP contribution in [0.15, 0.2) is 0 Å². The molecule has 1 heterocycles. The van der Waals surface area contributed by atoms with Crippen LogP contribution in [0.5, 0.6) is 0 Å². The van der Waals surface area contributed by atoms with E-state index in [4.69, 9.17) is 9.84 Å². The fourth-order valence-electron chi connectivity index (χ4n) is 1.22. The minimum Gasteiger partial charge on any atom is -0.394 e. The predicted octanol–water partition coefficient (Wildman–Crippen LogP) is 0.792. The molecule has 1 N–H and O–H groups in total. The van der Waals surface area contributed by atoms with Gasteiger partial charge in [0.15, 0.2) is 0 Å². The van der Waals surface area contributed by atoms with Gasteiger partial charge in [0.05, 0.1) is 18.8 Å². The van der Waals surface area contributed by atoms with E-state index in [0.717, 1.165) is 6.42 Å². The lowest BCUT2D eigenvalue weighted by Crippen LogP contribution is -2.12. The fraction of sp³-hybridized carbons (Fsp3) is 1.00. The minimum atomic E-state index is 0.106. The van der Waals surface area contributed by atoms with Crippen LogP contribution in [-0.2, 0) is 4.74 Å². The van der Waals surface area contributed by atoms with Gasteiger partial charge in [-0.2, -0.15) is 0 Å². The second-order valence-corrected chi connectivity index (χ2v) is 2.86. The maximum atomic E-state index is 8.68. The molecule has 0 aromatic carbocycles. The molecule has 2 nitrogen and oxygen atoms in total. The average Bonchev–Trinajstić information content (AvgIpc) is 2.13. The van der Waals surface area contributed by atoms with Gasteiger partial charge in [-0.3, -0.25) is 0 Å². The molecular formula is C7H14O2. The Bertz CT molecular complexity index is 82.9. The molecule has 0 aromatic heterocycles. The van der Waals surface area contributed by atoms with E-state index < -0.39 is 0 Å². The van der Waals surface area contributed by atoms with E-state index in [1.807, 2.05) is 0 Å². The molecule has 1 fully saturated rings. The van der Waals surface area contributed by atoms with Gasteiger partial charge >= 0.3 is 0 Å².